The fourth-order valence-electron chi connectivity index (χ4n) is 7.63. The van der Waals surface area contributed by atoms with Crippen LogP contribution >= 0.6 is 0 Å². The van der Waals surface area contributed by atoms with Crippen LogP contribution in [0.25, 0.3) is 113 Å². The van der Waals surface area contributed by atoms with Crippen molar-refractivity contribution in [1.82, 2.24) is 19.9 Å². The molecule has 0 aliphatic rings. The van der Waals surface area contributed by atoms with Gasteiger partial charge in [-0.2, -0.15) is 0 Å². The lowest BCUT2D eigenvalue weighted by molar-refractivity contribution is 0.604. The highest BCUT2D eigenvalue weighted by Crippen LogP contribution is 2.42. The number of hydrogen-bond donors (Lipinski definition) is 0. The first-order chi connectivity index (χ1) is 28.1. The Hall–Kier alpha value is -7.70. The molecule has 10 aromatic rings. The molecule has 0 radical (unpaired) electrons. The molecule has 0 aliphatic heterocycles. The summed E-state index contributed by atoms with van der Waals surface area (Å²) in [6.45, 7) is 6.10. The molecule has 0 atom stereocenters. The zero-order valence-electron chi connectivity index (χ0n) is 31.1. The summed E-state index contributed by atoms with van der Waals surface area (Å²) in [4.78, 5) is 19.8. The van der Waals surface area contributed by atoms with Gasteiger partial charge in [-0.15, -0.1) is 0 Å². The van der Waals surface area contributed by atoms with Crippen LogP contribution in [0.15, 0.2) is 179 Å². The highest BCUT2D eigenvalue weighted by molar-refractivity contribution is 6.10. The summed E-state index contributed by atoms with van der Waals surface area (Å²) in [6, 6.07) is 49.5. The predicted octanol–water partition coefficient (Wildman–Crippen LogP) is 13.6. The molecule has 6 heteroatoms. The van der Waals surface area contributed by atoms with Gasteiger partial charge in [0, 0.05) is 67.5 Å². The van der Waals surface area contributed by atoms with Gasteiger partial charge < -0.3 is 8.83 Å². The molecule has 0 saturated heterocycles. The Balaban J connectivity index is 1.24. The first-order valence-corrected chi connectivity index (χ1v) is 18.8. The number of nitrogens with zero attached hydrogens (tertiary/aromatic N) is 4. The molecule has 0 N–H and O–H groups in total. The summed E-state index contributed by atoms with van der Waals surface area (Å²) < 4.78 is 13.2. The molecule has 10 rings (SSSR count). The van der Waals surface area contributed by atoms with E-state index in [1.54, 1.807) is 6.20 Å². The van der Waals surface area contributed by atoms with Crippen molar-refractivity contribution in [3.8, 4) is 67.5 Å². The van der Waals surface area contributed by atoms with E-state index in [0.29, 0.717) is 17.5 Å². The van der Waals surface area contributed by atoms with Crippen LogP contribution in [0, 0.1) is 0 Å². The lowest BCUT2D eigenvalue weighted by Crippen LogP contribution is -2.01. The topological polar surface area (TPSA) is 77.8 Å². The van der Waals surface area contributed by atoms with Gasteiger partial charge >= 0.3 is 0 Å². The third-order valence-corrected chi connectivity index (χ3v) is 10.3. The molecule has 4 heterocycles. The Bertz CT molecular complexity index is 3160. The Morgan fingerprint density at radius 1 is 0.491 bits per heavy atom. The number of rotatable bonds is 8. The van der Waals surface area contributed by atoms with Gasteiger partial charge in [0.05, 0.1) is 0 Å². The highest BCUT2D eigenvalue weighted by atomic mass is 16.3. The number of para-hydroxylation sites is 3. The smallest absolute Gasteiger partial charge is 0.164 e. The number of aromatic nitrogens is 4. The van der Waals surface area contributed by atoms with Crippen molar-refractivity contribution in [2.24, 2.45) is 0 Å². The third-order valence-electron chi connectivity index (χ3n) is 10.3. The van der Waals surface area contributed by atoms with Crippen LogP contribution in [0.1, 0.15) is 18.2 Å². The Kier molecular flexibility index (Phi) is 8.42. The van der Waals surface area contributed by atoms with Gasteiger partial charge in [0.15, 0.2) is 17.5 Å². The number of hydrogen-bond acceptors (Lipinski definition) is 6. The average Bonchev–Trinajstić information content (AvgIpc) is 3.85. The van der Waals surface area contributed by atoms with E-state index in [4.69, 9.17) is 23.8 Å². The molecule has 6 nitrogen and oxygen atoms in total. The summed E-state index contributed by atoms with van der Waals surface area (Å²) in [5, 5.41) is 3.11. The fraction of sp³-hybridized carbons (Fsp3) is 0.0196. The lowest BCUT2D eigenvalue weighted by Gasteiger charge is -2.13. The van der Waals surface area contributed by atoms with Crippen molar-refractivity contribution >= 4 is 45.1 Å². The van der Waals surface area contributed by atoms with E-state index in [1.165, 1.54) is 0 Å². The van der Waals surface area contributed by atoms with Crippen LogP contribution in [-0.2, 0) is 0 Å². The molecule has 0 spiro atoms. The predicted molar refractivity (Wildman–Crippen MR) is 232 cm³/mol. The number of benzene rings is 6. The lowest BCUT2D eigenvalue weighted by atomic mass is 9.93. The molecular formula is C51H34N4O2. The van der Waals surface area contributed by atoms with Crippen molar-refractivity contribution < 1.29 is 8.83 Å². The maximum atomic E-state index is 6.60. The van der Waals surface area contributed by atoms with Crippen LogP contribution < -0.4 is 0 Å². The third kappa shape index (κ3) is 6.10. The maximum absolute atomic E-state index is 6.60. The van der Waals surface area contributed by atoms with E-state index in [2.05, 4.69) is 90.4 Å². The van der Waals surface area contributed by atoms with Crippen molar-refractivity contribution in [2.75, 3.05) is 0 Å². The minimum atomic E-state index is 0.540. The van der Waals surface area contributed by atoms with Crippen LogP contribution in [0.2, 0.25) is 0 Å². The van der Waals surface area contributed by atoms with Gasteiger partial charge in [0.25, 0.3) is 0 Å². The number of furan rings is 2. The summed E-state index contributed by atoms with van der Waals surface area (Å²) >= 11 is 0. The van der Waals surface area contributed by atoms with Crippen LogP contribution in [0.5, 0.6) is 0 Å². The van der Waals surface area contributed by atoms with Crippen LogP contribution in [0.3, 0.4) is 0 Å². The summed E-state index contributed by atoms with van der Waals surface area (Å²) in [5.74, 6) is 2.45. The molecule has 0 amide bonds. The average molecular weight is 735 g/mol. The number of pyridine rings is 1. The van der Waals surface area contributed by atoms with Crippen LogP contribution in [-0.4, -0.2) is 19.9 Å². The Labute approximate surface area is 329 Å². The van der Waals surface area contributed by atoms with Gasteiger partial charge in [-0.25, -0.2) is 15.0 Å². The monoisotopic (exact) mass is 734 g/mol. The van der Waals surface area contributed by atoms with Gasteiger partial charge in [-0.3, -0.25) is 4.98 Å². The summed E-state index contributed by atoms with van der Waals surface area (Å²) in [6.07, 6.45) is 9.45. The fourth-order valence-corrected chi connectivity index (χ4v) is 7.63. The standard InChI is InChI=1S/C51H34N4O2/c1-3-14-45-39(4-2)43-23-11-21-40(47(43)56-45)36-28-37(41-22-12-24-44-42-20-8-9-25-46(42)57-48(41)44)30-38(29-36)51-54-49(32-15-6-5-7-16-32)53-50(55-51)34-18-10-17-33(27-34)35-19-13-26-52-31-35/h3-31H,2H2,1H3/b14-3-. The zero-order valence-corrected chi connectivity index (χ0v) is 31.1. The molecule has 0 fully saturated rings. The number of allylic oxidation sites excluding steroid dienone is 1. The largest absolute Gasteiger partial charge is 0.455 e. The first-order valence-electron chi connectivity index (χ1n) is 18.8. The van der Waals surface area contributed by atoms with Gasteiger partial charge in [-0.05, 0) is 66.1 Å². The second kappa shape index (κ2) is 14.2. The zero-order chi connectivity index (χ0) is 38.3. The molecule has 0 bridgehead atoms. The van der Waals surface area contributed by atoms with E-state index in [9.17, 15) is 0 Å². The molecule has 0 aliphatic carbocycles. The van der Waals surface area contributed by atoms with E-state index < -0.39 is 0 Å². The molecule has 6 aromatic carbocycles. The van der Waals surface area contributed by atoms with Gasteiger partial charge in [0.2, 0.25) is 0 Å². The number of fused-ring (bicyclic) bond motifs is 4. The van der Waals surface area contributed by atoms with Gasteiger partial charge in [-0.1, -0.05) is 128 Å². The SMILES string of the molecule is C=Cc1c(/C=C\C)oc2c(-c3cc(-c4nc(-c5ccccc5)nc(-c5cccc(-c6cccnc6)c5)n4)cc(-c4cccc5c4oc4ccccc45)c3)cccc12. The molecular weight excluding hydrogens is 701 g/mol. The summed E-state index contributed by atoms with van der Waals surface area (Å²) in [7, 11) is 0. The van der Waals surface area contributed by atoms with Crippen molar-refractivity contribution in [2.45, 2.75) is 6.92 Å². The van der Waals surface area contributed by atoms with Crippen LogP contribution in [0.4, 0.5) is 0 Å². The van der Waals surface area contributed by atoms with Crippen molar-refractivity contribution in [3.05, 3.63) is 182 Å². The molecule has 57 heavy (non-hydrogen) atoms. The Morgan fingerprint density at radius 3 is 1.81 bits per heavy atom. The van der Waals surface area contributed by atoms with Crippen molar-refractivity contribution in [1.29, 1.82) is 0 Å². The van der Waals surface area contributed by atoms with Crippen molar-refractivity contribution in [3.63, 3.8) is 0 Å². The maximum Gasteiger partial charge on any atom is 0.164 e. The second-order valence-corrected chi connectivity index (χ2v) is 13.8. The quantitative estimate of drug-likeness (QED) is 0.155. The molecule has 270 valence electrons. The summed E-state index contributed by atoms with van der Waals surface area (Å²) in [5.41, 5.74) is 11.8. The molecule has 0 unspecified atom stereocenters. The molecule has 0 saturated carbocycles. The minimum absolute atomic E-state index is 0.540. The van der Waals surface area contributed by atoms with Gasteiger partial charge in [0.1, 0.15) is 22.5 Å². The molecule has 4 aromatic heterocycles. The van der Waals surface area contributed by atoms with E-state index in [1.807, 2.05) is 98.1 Å². The first kappa shape index (κ1) is 33.8. The minimum Gasteiger partial charge on any atom is -0.455 e. The Morgan fingerprint density at radius 2 is 1.07 bits per heavy atom. The van der Waals surface area contributed by atoms with E-state index in [0.717, 1.165) is 94.3 Å². The highest BCUT2D eigenvalue weighted by Gasteiger charge is 2.20. The second-order valence-electron chi connectivity index (χ2n) is 13.8. The normalized spacial score (nSPS) is 11.6. The van der Waals surface area contributed by atoms with E-state index in [-0.39, 0.29) is 0 Å². The van der Waals surface area contributed by atoms with E-state index >= 15 is 0 Å².